The standard InChI is InChI=1S/C33H35N7O4.C32H35N7O2.C24H29N7O2.C7H5BrO.C5H11NO2.C3H4O4/c1-21-27-20-35-33(37-31(27)40(25-5-3-4-6-25)32(44)30(21)22(2)41)36-28-13-12-26(19-34-28)39-17-15-38(16-18-39)24-10-7-23(8-11-24)9-14-29(42)43;1-4-23-9-11-24(12-10-23)37-15-17-38(18-16-37)26-13-14-28(33-19-26)35-32-34-20-27-21(2)29(22(3)40)31(41)39(30(27)36-32)25-7-5-6-8-25;1-15-19-14-27-24(28-20-8-7-18(13-26-20)30-11-9-25-10-12-30)29-22(19)31(17-5-3-4-6-17)23(33)21(15)16(2)32;8-7-3-1-6(5-9)2-4-7;6-8-5-3-1-2-4-7-5;4-2(5)1-3(6)7/h7-14,19-20,25H,3-6,15-18H2,1-2H3,(H,42,43)(H,34,35,36,37);4,9-14,19-20,25H,1,5-8,15-18H2,2-3H3,(H,33,34,35,36);7-8,13-14,17,25H,3-6,9-12H2,1-2H3,(H,26,27,28,29);1-5H;5H,1-4,6H2;1H2,(H,4,5)(H,6,7)/b14-9+;;;;;. The SMILES string of the molecule is C=Cc1ccc(N2CCN(c3ccc(Nc4ncc5c(C)c(C(C)=O)c(=O)n(C6CCCC6)c5n4)nc3)CC2)cc1.CC(=O)c1c(C)c2cnc(Nc3ccc(N4CCN(c5ccc(/C=C/C(=O)O)cc5)CC4)cn3)nc2n(C2CCCC2)c1=O.CC(=O)c1c(C)c2cnc(Nc3ccc(N4CCNCC4)cn3)nc2n(C2CCCC2)c1=O.NOC1CCCCO1.O=C(O)CC(=O)O.O=Cc1ccc(Br)cc1. The van der Waals surface area contributed by atoms with Crippen LogP contribution in [0.25, 0.3) is 45.3 Å². The Balaban J connectivity index is 0.000000152. The van der Waals surface area contributed by atoms with Crippen molar-refractivity contribution in [3.05, 3.63) is 245 Å². The van der Waals surface area contributed by atoms with Crippen molar-refractivity contribution in [3.8, 4) is 0 Å². The molecule has 0 amide bonds. The van der Waals surface area contributed by atoms with Crippen LogP contribution in [0.2, 0.25) is 0 Å². The van der Waals surface area contributed by atoms with Crippen LogP contribution in [-0.4, -0.2) is 207 Å². The van der Waals surface area contributed by atoms with E-state index in [1.165, 1.54) is 32.9 Å². The molecular weight excluding hydrogens is 1880 g/mol. The number of benzene rings is 3. The molecule has 9 aromatic heterocycles. The van der Waals surface area contributed by atoms with Gasteiger partial charge in [0.05, 0.1) is 52.3 Å². The Bertz CT molecular complexity index is 6710. The maximum Gasteiger partial charge on any atom is 0.328 e. The predicted octanol–water partition coefficient (Wildman–Crippen LogP) is 15.7. The van der Waals surface area contributed by atoms with Crippen LogP contribution in [0, 0.1) is 20.8 Å². The number of carbonyl (C=O) groups is 7. The van der Waals surface area contributed by atoms with E-state index < -0.39 is 24.3 Å². The van der Waals surface area contributed by atoms with Gasteiger partial charge in [-0.15, -0.1) is 0 Å². The highest BCUT2D eigenvalue weighted by molar-refractivity contribution is 9.10. The number of ketones is 3. The number of carboxylic acid groups (broad SMARTS) is 3. The van der Waals surface area contributed by atoms with Gasteiger partial charge in [0.25, 0.3) is 16.7 Å². The summed E-state index contributed by atoms with van der Waals surface area (Å²) in [6, 6.07) is 35.6. The molecule has 0 bridgehead atoms. The van der Waals surface area contributed by atoms with Crippen molar-refractivity contribution in [3.63, 3.8) is 0 Å². The predicted molar refractivity (Wildman–Crippen MR) is 553 cm³/mol. The highest BCUT2D eigenvalue weighted by Crippen LogP contribution is 2.37. The van der Waals surface area contributed by atoms with Crippen LogP contribution in [0.4, 0.5) is 63.7 Å². The van der Waals surface area contributed by atoms with Gasteiger partial charge in [-0.1, -0.05) is 104 Å². The van der Waals surface area contributed by atoms with Crippen LogP contribution in [0.1, 0.15) is 211 Å². The number of aldehydes is 1. The minimum Gasteiger partial charge on any atom is -0.481 e. The third-order valence-electron chi connectivity index (χ3n) is 26.3. The minimum atomic E-state index is -1.31. The summed E-state index contributed by atoms with van der Waals surface area (Å²) >= 11 is 3.26. The number of halogens is 1. The molecule has 142 heavy (non-hydrogen) atoms. The molecule has 38 heteroatoms. The quantitative estimate of drug-likeness (QED) is 0.00915. The molecule has 1 unspecified atom stereocenters. The van der Waals surface area contributed by atoms with Crippen molar-refractivity contribution in [2.24, 2.45) is 5.90 Å². The molecule has 0 spiro atoms. The Kier molecular flexibility index (Phi) is 35.5. The highest BCUT2D eigenvalue weighted by atomic mass is 79.9. The van der Waals surface area contributed by atoms with Crippen LogP contribution < -0.4 is 68.3 Å². The molecule has 19 rings (SSSR count). The number of aliphatic carboxylic acids is 3. The Morgan fingerprint density at radius 1 is 0.444 bits per heavy atom. The molecule has 742 valence electrons. The second kappa shape index (κ2) is 48.9. The summed E-state index contributed by atoms with van der Waals surface area (Å²) in [5, 5.41) is 39.3. The van der Waals surface area contributed by atoms with Crippen molar-refractivity contribution in [2.45, 2.75) is 169 Å². The first-order valence-electron chi connectivity index (χ1n) is 47.9. The largest absolute Gasteiger partial charge is 0.481 e. The van der Waals surface area contributed by atoms with E-state index in [4.69, 9.17) is 40.9 Å². The molecule has 4 aliphatic heterocycles. The summed E-state index contributed by atoms with van der Waals surface area (Å²) in [6.45, 7) is 25.3. The first kappa shape index (κ1) is 103. The van der Waals surface area contributed by atoms with E-state index in [0.29, 0.717) is 79.9 Å². The molecule has 4 saturated heterocycles. The third kappa shape index (κ3) is 26.1. The Hall–Kier alpha value is -14.7. The number of carbonyl (C=O) groups excluding carboxylic acids is 4. The lowest BCUT2D eigenvalue weighted by Gasteiger charge is -2.37. The van der Waals surface area contributed by atoms with Gasteiger partial charge < -0.3 is 65.8 Å². The number of nitrogens with zero attached hydrogens (tertiary/aromatic N) is 17. The zero-order valence-corrected chi connectivity index (χ0v) is 82.1. The number of nitrogens with two attached hydrogens (primary N) is 1. The number of fused-ring (bicyclic) bond motifs is 3. The number of aromatic nitrogens is 12. The molecule has 12 aromatic rings. The Labute approximate surface area is 828 Å². The molecule has 37 nitrogen and oxygen atoms in total. The van der Waals surface area contributed by atoms with E-state index in [1.807, 2.05) is 91.4 Å². The van der Waals surface area contributed by atoms with Gasteiger partial charge in [0.1, 0.15) is 47.1 Å². The smallest absolute Gasteiger partial charge is 0.328 e. The molecule has 7 fully saturated rings. The molecule has 9 N–H and O–H groups in total. The molecule has 1 atom stereocenters. The van der Waals surface area contributed by atoms with Gasteiger partial charge in [0.15, 0.2) is 23.6 Å². The van der Waals surface area contributed by atoms with E-state index in [1.54, 1.807) is 71.3 Å². The number of carboxylic acids is 3. The molecule has 0 radical (unpaired) electrons. The number of hydrogen-bond acceptors (Lipinski definition) is 31. The van der Waals surface area contributed by atoms with Crippen LogP contribution in [0.5, 0.6) is 0 Å². The van der Waals surface area contributed by atoms with Gasteiger partial charge >= 0.3 is 17.9 Å². The summed E-state index contributed by atoms with van der Waals surface area (Å²) in [5.74, 6) is 3.56. The lowest BCUT2D eigenvalue weighted by molar-refractivity contribution is -0.164. The number of ether oxygens (including phenoxy) is 1. The summed E-state index contributed by atoms with van der Waals surface area (Å²) in [6.07, 6.45) is 30.1. The normalized spacial score (nSPS) is 16.1. The monoisotopic (exact) mass is 1990 g/mol. The maximum absolute atomic E-state index is 13.5. The molecule has 7 aliphatic rings. The fourth-order valence-electron chi connectivity index (χ4n) is 18.9. The number of pyridine rings is 6. The van der Waals surface area contributed by atoms with Crippen molar-refractivity contribution >= 4 is 166 Å². The van der Waals surface area contributed by atoms with Gasteiger partial charge in [-0.3, -0.25) is 61.7 Å². The number of rotatable bonds is 24. The molecule has 13 heterocycles. The summed E-state index contributed by atoms with van der Waals surface area (Å²) < 4.78 is 11.2. The average molecular weight is 2000 g/mol. The fraction of sp³-hybridized carbons (Fsp3) is 0.375. The van der Waals surface area contributed by atoms with Crippen molar-refractivity contribution in [1.82, 2.24) is 63.9 Å². The van der Waals surface area contributed by atoms with Gasteiger partial charge in [0.2, 0.25) is 17.8 Å². The molecule has 3 aliphatic carbocycles. The molecule has 3 aromatic carbocycles. The zero-order valence-electron chi connectivity index (χ0n) is 80.5. The van der Waals surface area contributed by atoms with E-state index in [0.717, 1.165) is 237 Å². The summed E-state index contributed by atoms with van der Waals surface area (Å²) in [7, 11) is 0. The zero-order chi connectivity index (χ0) is 101. The molecular formula is C104H119BrN22O15. The van der Waals surface area contributed by atoms with Gasteiger partial charge in [-0.25, -0.2) is 40.6 Å². The van der Waals surface area contributed by atoms with Crippen LogP contribution in [-0.2, 0) is 24.0 Å². The Morgan fingerprint density at radius 2 is 0.768 bits per heavy atom. The van der Waals surface area contributed by atoms with Crippen molar-refractivity contribution < 1.29 is 58.5 Å². The fourth-order valence-corrected chi connectivity index (χ4v) is 19.1. The minimum absolute atomic E-state index is 0.0182. The number of nitrogens with one attached hydrogen (secondary N) is 4. The number of Topliss-reactive ketones (excluding diaryl/α,β-unsaturated/α-hetero) is 3. The topological polar surface area (TPSA) is 471 Å². The van der Waals surface area contributed by atoms with E-state index in [-0.39, 0.29) is 75.1 Å². The van der Waals surface area contributed by atoms with E-state index in [9.17, 15) is 47.9 Å². The van der Waals surface area contributed by atoms with Crippen LogP contribution in [0.15, 0.2) is 178 Å². The van der Waals surface area contributed by atoms with Crippen molar-refractivity contribution in [2.75, 3.05) is 126 Å². The summed E-state index contributed by atoms with van der Waals surface area (Å²) in [5.41, 5.74) is 11.7. The van der Waals surface area contributed by atoms with Crippen LogP contribution in [0.3, 0.4) is 0 Å². The third-order valence-corrected chi connectivity index (χ3v) is 26.8. The second-order valence-electron chi connectivity index (χ2n) is 35.7. The van der Waals surface area contributed by atoms with E-state index >= 15 is 0 Å². The maximum atomic E-state index is 13.5. The Morgan fingerprint density at radius 3 is 1.05 bits per heavy atom. The first-order chi connectivity index (χ1) is 68.6. The highest BCUT2D eigenvalue weighted by Gasteiger charge is 2.32. The van der Waals surface area contributed by atoms with Gasteiger partial charge in [0, 0.05) is 172 Å². The van der Waals surface area contributed by atoms with Crippen LogP contribution >= 0.6 is 15.9 Å². The number of hydrogen-bond donors (Lipinski definition) is 8. The number of anilines is 11. The molecule has 3 saturated carbocycles. The van der Waals surface area contributed by atoms with Gasteiger partial charge in [-0.2, -0.15) is 15.0 Å². The van der Waals surface area contributed by atoms with E-state index in [2.05, 4.69) is 133 Å². The lowest BCUT2D eigenvalue weighted by Crippen LogP contribution is -2.46. The first-order valence-corrected chi connectivity index (χ1v) is 48.7. The lowest BCUT2D eigenvalue weighted by atomic mass is 10.0. The number of piperazine rings is 3. The average Bonchev–Trinajstić information content (AvgIpc) is 1.13. The van der Waals surface area contributed by atoms with Gasteiger partial charge in [-0.05, 0) is 200 Å². The van der Waals surface area contributed by atoms with Crippen molar-refractivity contribution in [1.29, 1.82) is 0 Å². The summed E-state index contributed by atoms with van der Waals surface area (Å²) in [4.78, 5) is 175. The second-order valence-corrected chi connectivity index (χ2v) is 36.6. The number of aryl methyl sites for hydroxylation is 3.